The SMILES string of the molecule is CNCC1CCN(C(=O)Cc2csc(-c3ccc(C)o3)n2)C1.Cl.Cl. The molecule has 0 bridgehead atoms. The van der Waals surface area contributed by atoms with Crippen molar-refractivity contribution < 1.29 is 9.21 Å². The first kappa shape index (κ1) is 21.0. The molecule has 2 aromatic rings. The molecule has 0 radical (unpaired) electrons. The molecule has 2 aromatic heterocycles. The molecule has 1 N–H and O–H groups in total. The predicted octanol–water partition coefficient (Wildman–Crippen LogP) is 3.17. The molecule has 1 fully saturated rings. The Morgan fingerprint density at radius 2 is 2.25 bits per heavy atom. The summed E-state index contributed by atoms with van der Waals surface area (Å²) in [6, 6.07) is 3.84. The summed E-state index contributed by atoms with van der Waals surface area (Å²) in [4.78, 5) is 18.8. The molecule has 1 unspecified atom stereocenters. The second-order valence-electron chi connectivity index (χ2n) is 5.78. The number of furan rings is 1. The number of likely N-dealkylation sites (tertiary alicyclic amines) is 1. The third kappa shape index (κ3) is 4.96. The first-order valence-corrected chi connectivity index (χ1v) is 8.47. The molecule has 1 saturated heterocycles. The largest absolute Gasteiger partial charge is 0.459 e. The van der Waals surface area contributed by atoms with Gasteiger partial charge in [-0.2, -0.15) is 0 Å². The van der Waals surface area contributed by atoms with Crippen LogP contribution in [0, 0.1) is 12.8 Å². The first-order valence-electron chi connectivity index (χ1n) is 7.59. The average Bonchev–Trinajstić information content (AvgIpc) is 3.19. The van der Waals surface area contributed by atoms with Crippen molar-refractivity contribution >= 4 is 42.1 Å². The van der Waals surface area contributed by atoms with E-state index in [1.807, 2.05) is 36.4 Å². The molecule has 0 aliphatic carbocycles. The lowest BCUT2D eigenvalue weighted by Gasteiger charge is -2.15. The smallest absolute Gasteiger partial charge is 0.228 e. The highest BCUT2D eigenvalue weighted by atomic mass is 35.5. The van der Waals surface area contributed by atoms with Crippen LogP contribution in [0.25, 0.3) is 10.8 Å². The molecule has 0 spiro atoms. The quantitative estimate of drug-likeness (QED) is 0.849. The summed E-state index contributed by atoms with van der Waals surface area (Å²) in [6.07, 6.45) is 1.46. The van der Waals surface area contributed by atoms with Gasteiger partial charge < -0.3 is 14.6 Å². The van der Waals surface area contributed by atoms with E-state index in [2.05, 4.69) is 10.3 Å². The Kier molecular flexibility index (Phi) is 8.22. The summed E-state index contributed by atoms with van der Waals surface area (Å²) in [7, 11) is 1.96. The number of nitrogens with one attached hydrogen (secondary N) is 1. The van der Waals surface area contributed by atoms with Gasteiger partial charge in [-0.05, 0) is 45.0 Å². The highest BCUT2D eigenvalue weighted by molar-refractivity contribution is 7.13. The number of hydrogen-bond acceptors (Lipinski definition) is 5. The number of aromatic nitrogens is 1. The van der Waals surface area contributed by atoms with Gasteiger partial charge in [0.05, 0.1) is 12.1 Å². The van der Waals surface area contributed by atoms with E-state index in [1.54, 1.807) is 0 Å². The monoisotopic (exact) mass is 391 g/mol. The number of carbonyl (C=O) groups excluding carboxylic acids is 1. The second kappa shape index (κ2) is 9.42. The van der Waals surface area contributed by atoms with Crippen LogP contribution < -0.4 is 5.32 Å². The molecule has 0 aromatic carbocycles. The molecular formula is C16H23Cl2N3O2S. The highest BCUT2D eigenvalue weighted by Crippen LogP contribution is 2.26. The van der Waals surface area contributed by atoms with Gasteiger partial charge in [0.25, 0.3) is 0 Å². The number of amides is 1. The maximum absolute atomic E-state index is 12.4. The van der Waals surface area contributed by atoms with E-state index in [0.717, 1.165) is 48.3 Å². The minimum atomic E-state index is 0. The fraction of sp³-hybridized carbons (Fsp3) is 0.500. The number of rotatable bonds is 5. The fourth-order valence-electron chi connectivity index (χ4n) is 2.83. The van der Waals surface area contributed by atoms with E-state index < -0.39 is 0 Å². The van der Waals surface area contributed by atoms with Crippen LogP contribution in [0.1, 0.15) is 17.9 Å². The molecule has 3 rings (SSSR count). The lowest BCUT2D eigenvalue weighted by molar-refractivity contribution is -0.129. The van der Waals surface area contributed by atoms with Crippen LogP contribution in [0.4, 0.5) is 0 Å². The van der Waals surface area contributed by atoms with Gasteiger partial charge in [0.1, 0.15) is 5.76 Å². The molecule has 8 heteroatoms. The minimum absolute atomic E-state index is 0. The summed E-state index contributed by atoms with van der Waals surface area (Å²) < 4.78 is 5.57. The Morgan fingerprint density at radius 3 is 2.92 bits per heavy atom. The van der Waals surface area contributed by atoms with Gasteiger partial charge in [0.15, 0.2) is 10.8 Å². The summed E-state index contributed by atoms with van der Waals surface area (Å²) in [6.45, 7) is 4.60. The Labute approximate surface area is 158 Å². The fourth-order valence-corrected chi connectivity index (χ4v) is 3.61. The Morgan fingerprint density at radius 1 is 1.46 bits per heavy atom. The zero-order valence-corrected chi connectivity index (χ0v) is 16.2. The topological polar surface area (TPSA) is 58.4 Å². The summed E-state index contributed by atoms with van der Waals surface area (Å²) in [5.74, 6) is 2.39. The van der Waals surface area contributed by atoms with Crippen molar-refractivity contribution in [3.05, 3.63) is 29.0 Å². The van der Waals surface area contributed by atoms with E-state index in [1.165, 1.54) is 11.3 Å². The molecule has 1 aliphatic rings. The molecule has 1 amide bonds. The van der Waals surface area contributed by atoms with Gasteiger partial charge in [0.2, 0.25) is 5.91 Å². The van der Waals surface area contributed by atoms with E-state index in [-0.39, 0.29) is 30.7 Å². The lowest BCUT2D eigenvalue weighted by Crippen LogP contribution is -2.31. The molecule has 24 heavy (non-hydrogen) atoms. The van der Waals surface area contributed by atoms with Crippen LogP contribution in [-0.2, 0) is 11.2 Å². The highest BCUT2D eigenvalue weighted by Gasteiger charge is 2.26. The van der Waals surface area contributed by atoms with Crippen molar-refractivity contribution in [3.8, 4) is 10.8 Å². The number of halogens is 2. The van der Waals surface area contributed by atoms with Crippen molar-refractivity contribution in [1.29, 1.82) is 0 Å². The minimum Gasteiger partial charge on any atom is -0.459 e. The van der Waals surface area contributed by atoms with Crippen LogP contribution in [0.2, 0.25) is 0 Å². The number of thiazole rings is 1. The van der Waals surface area contributed by atoms with Crippen LogP contribution >= 0.6 is 36.2 Å². The molecule has 1 atom stereocenters. The normalized spacial score (nSPS) is 16.6. The van der Waals surface area contributed by atoms with E-state index in [0.29, 0.717) is 12.3 Å². The number of aryl methyl sites for hydroxylation is 1. The molecule has 0 saturated carbocycles. The predicted molar refractivity (Wildman–Crippen MR) is 101 cm³/mol. The summed E-state index contributed by atoms with van der Waals surface area (Å²) in [5, 5.41) is 5.97. The standard InChI is InChI=1S/C16H21N3O2S.2ClH/c1-11-3-4-14(21-11)16-18-13(10-22-16)7-15(20)19-6-5-12(9-19)8-17-2;;/h3-4,10,12,17H,5-9H2,1-2H3;2*1H. The third-order valence-corrected chi connectivity index (χ3v) is 4.87. The van der Waals surface area contributed by atoms with Crippen LogP contribution in [0.15, 0.2) is 21.9 Å². The molecule has 1 aliphatic heterocycles. The van der Waals surface area contributed by atoms with Gasteiger partial charge in [-0.1, -0.05) is 0 Å². The Hall–Kier alpha value is -1.08. The van der Waals surface area contributed by atoms with Crippen molar-refractivity contribution in [3.63, 3.8) is 0 Å². The zero-order chi connectivity index (χ0) is 15.5. The van der Waals surface area contributed by atoms with Gasteiger partial charge in [-0.3, -0.25) is 4.79 Å². The maximum Gasteiger partial charge on any atom is 0.228 e. The molecule has 134 valence electrons. The van der Waals surface area contributed by atoms with Crippen LogP contribution in [-0.4, -0.2) is 42.5 Å². The van der Waals surface area contributed by atoms with E-state index in [9.17, 15) is 4.79 Å². The van der Waals surface area contributed by atoms with Crippen molar-refractivity contribution in [1.82, 2.24) is 15.2 Å². The third-order valence-electron chi connectivity index (χ3n) is 3.97. The number of nitrogens with zero attached hydrogens (tertiary/aromatic N) is 2. The van der Waals surface area contributed by atoms with E-state index in [4.69, 9.17) is 4.42 Å². The second-order valence-corrected chi connectivity index (χ2v) is 6.64. The zero-order valence-electron chi connectivity index (χ0n) is 13.8. The Balaban J connectivity index is 0.00000144. The van der Waals surface area contributed by atoms with Crippen LogP contribution in [0.3, 0.4) is 0 Å². The molecule has 3 heterocycles. The summed E-state index contributed by atoms with van der Waals surface area (Å²) >= 11 is 1.52. The van der Waals surface area contributed by atoms with Gasteiger partial charge in [-0.25, -0.2) is 4.98 Å². The number of hydrogen-bond donors (Lipinski definition) is 1. The lowest BCUT2D eigenvalue weighted by atomic mass is 10.1. The van der Waals surface area contributed by atoms with Gasteiger partial charge in [0, 0.05) is 18.5 Å². The van der Waals surface area contributed by atoms with Crippen molar-refractivity contribution in [2.75, 3.05) is 26.7 Å². The maximum atomic E-state index is 12.4. The first-order chi connectivity index (χ1) is 10.7. The van der Waals surface area contributed by atoms with Crippen molar-refractivity contribution in [2.24, 2.45) is 5.92 Å². The Bertz CT molecular complexity index is 659. The molecule has 5 nitrogen and oxygen atoms in total. The van der Waals surface area contributed by atoms with E-state index >= 15 is 0 Å². The molecular weight excluding hydrogens is 369 g/mol. The average molecular weight is 392 g/mol. The van der Waals surface area contributed by atoms with Crippen molar-refractivity contribution in [2.45, 2.75) is 19.8 Å². The van der Waals surface area contributed by atoms with Gasteiger partial charge >= 0.3 is 0 Å². The summed E-state index contributed by atoms with van der Waals surface area (Å²) in [5.41, 5.74) is 0.830. The van der Waals surface area contributed by atoms with Gasteiger partial charge in [-0.15, -0.1) is 36.2 Å². The number of carbonyl (C=O) groups is 1. The van der Waals surface area contributed by atoms with Crippen LogP contribution in [0.5, 0.6) is 0 Å².